The zero-order chi connectivity index (χ0) is 24.6. The minimum atomic E-state index is -0.345. The number of carbonyl (C=O) groups excluding carboxylic acids is 2. The van der Waals surface area contributed by atoms with Crippen LogP contribution in [0.3, 0.4) is 0 Å². The van der Waals surface area contributed by atoms with Crippen LogP contribution in [-0.2, 0) is 11.4 Å². The number of ether oxygens (including phenoxy) is 3. The third kappa shape index (κ3) is 6.59. The summed E-state index contributed by atoms with van der Waals surface area (Å²) < 4.78 is 17.3. The summed E-state index contributed by atoms with van der Waals surface area (Å²) >= 11 is 6.78. The minimum absolute atomic E-state index is 0.154. The maximum Gasteiger partial charge on any atom is 0.293 e. The molecule has 3 aromatic rings. The fourth-order valence-electron chi connectivity index (χ4n) is 3.37. The Bertz CT molecular complexity index is 1210. The summed E-state index contributed by atoms with van der Waals surface area (Å²) in [6.07, 6.45) is 1.69. The highest BCUT2D eigenvalue weighted by Crippen LogP contribution is 2.35. The summed E-state index contributed by atoms with van der Waals surface area (Å²) in [5.41, 5.74) is 1.79. The van der Waals surface area contributed by atoms with E-state index in [0.29, 0.717) is 40.4 Å². The van der Waals surface area contributed by atoms with Gasteiger partial charge in [0.15, 0.2) is 11.5 Å². The smallest absolute Gasteiger partial charge is 0.293 e. The molecule has 1 aliphatic rings. The van der Waals surface area contributed by atoms with Gasteiger partial charge in [-0.25, -0.2) is 0 Å². The van der Waals surface area contributed by atoms with E-state index in [1.807, 2.05) is 49.4 Å². The van der Waals surface area contributed by atoms with E-state index in [0.717, 1.165) is 22.9 Å². The molecule has 0 aliphatic carbocycles. The van der Waals surface area contributed by atoms with Gasteiger partial charge in [-0.05, 0) is 72.3 Å². The molecule has 4 rings (SSSR count). The number of benzene rings is 3. The van der Waals surface area contributed by atoms with Gasteiger partial charge in [-0.3, -0.25) is 14.5 Å². The summed E-state index contributed by atoms with van der Waals surface area (Å²) in [5.74, 6) is 1.46. The number of halogens is 1. The molecule has 8 heteroatoms. The number of nitrogens with zero attached hydrogens (tertiary/aromatic N) is 1. The summed E-state index contributed by atoms with van der Waals surface area (Å²) in [5, 5.41) is 0.283. The first kappa shape index (κ1) is 24.7. The number of hydrogen-bond acceptors (Lipinski definition) is 6. The van der Waals surface area contributed by atoms with Gasteiger partial charge in [0.05, 0.1) is 18.1 Å². The summed E-state index contributed by atoms with van der Waals surface area (Å²) in [7, 11) is 0. The van der Waals surface area contributed by atoms with E-state index in [-0.39, 0.29) is 24.3 Å². The number of amides is 2. The molecule has 0 bridgehead atoms. The van der Waals surface area contributed by atoms with Crippen molar-refractivity contribution < 1.29 is 23.8 Å². The Morgan fingerprint density at radius 3 is 2.43 bits per heavy atom. The van der Waals surface area contributed by atoms with Gasteiger partial charge in [-0.15, -0.1) is 0 Å². The largest absolute Gasteiger partial charge is 0.492 e. The van der Waals surface area contributed by atoms with Crippen molar-refractivity contribution in [1.82, 2.24) is 4.90 Å². The van der Waals surface area contributed by atoms with Crippen LogP contribution >= 0.6 is 23.4 Å². The second kappa shape index (κ2) is 11.8. The van der Waals surface area contributed by atoms with E-state index in [4.69, 9.17) is 25.8 Å². The van der Waals surface area contributed by atoms with Crippen molar-refractivity contribution in [2.75, 3.05) is 19.8 Å². The first-order chi connectivity index (χ1) is 17.0. The Kier molecular flexibility index (Phi) is 8.34. The molecule has 1 fully saturated rings. The topological polar surface area (TPSA) is 65.1 Å². The number of thioether (sulfide) groups is 1. The molecule has 0 atom stereocenters. The van der Waals surface area contributed by atoms with E-state index in [9.17, 15) is 9.59 Å². The number of carbonyl (C=O) groups is 2. The zero-order valence-corrected chi connectivity index (χ0v) is 20.7. The van der Waals surface area contributed by atoms with Gasteiger partial charge in [0.1, 0.15) is 19.0 Å². The molecular formula is C27H24ClNO5S. The van der Waals surface area contributed by atoms with Gasteiger partial charge in [0.25, 0.3) is 11.1 Å². The summed E-state index contributed by atoms with van der Waals surface area (Å²) in [6, 6.07) is 22.2. The molecule has 180 valence electrons. The summed E-state index contributed by atoms with van der Waals surface area (Å²) in [6.45, 7) is 3.12. The van der Waals surface area contributed by atoms with Crippen LogP contribution in [0.5, 0.6) is 17.2 Å². The van der Waals surface area contributed by atoms with Gasteiger partial charge < -0.3 is 14.2 Å². The Balaban J connectivity index is 1.41. The number of rotatable bonds is 10. The fourth-order valence-corrected chi connectivity index (χ4v) is 4.36. The second-order valence-electron chi connectivity index (χ2n) is 7.55. The minimum Gasteiger partial charge on any atom is -0.492 e. The van der Waals surface area contributed by atoms with E-state index >= 15 is 0 Å². The lowest BCUT2D eigenvalue weighted by molar-refractivity contribution is -0.123. The van der Waals surface area contributed by atoms with Crippen molar-refractivity contribution in [3.05, 3.63) is 93.9 Å². The number of hydrogen-bond donors (Lipinski definition) is 0. The van der Waals surface area contributed by atoms with Gasteiger partial charge >= 0.3 is 0 Å². The molecule has 0 unspecified atom stereocenters. The molecule has 0 spiro atoms. The molecule has 0 radical (unpaired) electrons. The molecule has 35 heavy (non-hydrogen) atoms. The van der Waals surface area contributed by atoms with Gasteiger partial charge in [-0.2, -0.15) is 0 Å². The molecular weight excluding hydrogens is 486 g/mol. The zero-order valence-electron chi connectivity index (χ0n) is 19.1. The van der Waals surface area contributed by atoms with Crippen LogP contribution in [0.2, 0.25) is 5.02 Å². The molecule has 6 nitrogen and oxygen atoms in total. The SMILES string of the molecule is CCOc1cc(/C=C2\SC(=O)N(CCOc3ccc(Cl)cc3)C2=O)ccc1OCc1ccccc1. The Morgan fingerprint density at radius 1 is 0.914 bits per heavy atom. The maximum absolute atomic E-state index is 12.8. The van der Waals surface area contributed by atoms with E-state index in [2.05, 4.69) is 0 Å². The van der Waals surface area contributed by atoms with Crippen molar-refractivity contribution in [1.29, 1.82) is 0 Å². The highest BCUT2D eigenvalue weighted by Gasteiger charge is 2.34. The molecule has 0 N–H and O–H groups in total. The average Bonchev–Trinajstić information content (AvgIpc) is 3.13. The highest BCUT2D eigenvalue weighted by atomic mass is 35.5. The van der Waals surface area contributed by atoms with Crippen LogP contribution in [0.4, 0.5) is 4.79 Å². The molecule has 2 amide bonds. The van der Waals surface area contributed by atoms with Gasteiger partial charge in [-0.1, -0.05) is 48.0 Å². The van der Waals surface area contributed by atoms with Crippen LogP contribution in [-0.4, -0.2) is 35.8 Å². The van der Waals surface area contributed by atoms with E-state index in [1.54, 1.807) is 36.4 Å². The number of imide groups is 1. The first-order valence-electron chi connectivity index (χ1n) is 11.1. The Labute approximate surface area is 213 Å². The Hall–Kier alpha value is -3.42. The molecule has 1 heterocycles. The first-order valence-corrected chi connectivity index (χ1v) is 12.3. The third-order valence-corrected chi connectivity index (χ3v) is 6.23. The van der Waals surface area contributed by atoms with Gasteiger partial charge in [0, 0.05) is 5.02 Å². The van der Waals surface area contributed by atoms with Crippen molar-refractivity contribution in [2.24, 2.45) is 0 Å². The molecule has 3 aromatic carbocycles. The molecule has 1 saturated heterocycles. The lowest BCUT2D eigenvalue weighted by Crippen LogP contribution is -2.32. The van der Waals surface area contributed by atoms with Crippen molar-refractivity contribution in [3.63, 3.8) is 0 Å². The standard InChI is InChI=1S/C27H24ClNO5S/c1-2-32-24-16-20(8-13-23(24)34-18-19-6-4-3-5-7-19)17-25-26(30)29(27(31)35-25)14-15-33-22-11-9-21(28)10-12-22/h3-13,16-17H,2,14-15,18H2,1H3/b25-17-. The highest BCUT2D eigenvalue weighted by molar-refractivity contribution is 8.18. The second-order valence-corrected chi connectivity index (χ2v) is 8.98. The maximum atomic E-state index is 12.8. The van der Waals surface area contributed by atoms with Gasteiger partial charge in [0.2, 0.25) is 0 Å². The van der Waals surface area contributed by atoms with Crippen LogP contribution in [0.25, 0.3) is 6.08 Å². The normalized spacial score (nSPS) is 14.5. The summed E-state index contributed by atoms with van der Waals surface area (Å²) in [4.78, 5) is 26.8. The average molecular weight is 510 g/mol. The molecule has 0 saturated carbocycles. The van der Waals surface area contributed by atoms with Crippen LogP contribution < -0.4 is 14.2 Å². The monoisotopic (exact) mass is 509 g/mol. The lowest BCUT2D eigenvalue weighted by atomic mass is 10.1. The van der Waals surface area contributed by atoms with Crippen molar-refractivity contribution in [2.45, 2.75) is 13.5 Å². The van der Waals surface area contributed by atoms with E-state index < -0.39 is 0 Å². The quantitative estimate of drug-likeness (QED) is 0.293. The fraction of sp³-hybridized carbons (Fsp3) is 0.185. The lowest BCUT2D eigenvalue weighted by Gasteiger charge is -2.13. The van der Waals surface area contributed by atoms with Crippen molar-refractivity contribution >= 4 is 40.6 Å². The third-order valence-electron chi connectivity index (χ3n) is 5.07. The van der Waals surface area contributed by atoms with E-state index in [1.165, 1.54) is 4.90 Å². The van der Waals surface area contributed by atoms with Crippen LogP contribution in [0, 0.1) is 0 Å². The van der Waals surface area contributed by atoms with Crippen LogP contribution in [0.15, 0.2) is 77.7 Å². The molecule has 1 aliphatic heterocycles. The van der Waals surface area contributed by atoms with Crippen LogP contribution in [0.1, 0.15) is 18.1 Å². The predicted octanol–water partition coefficient (Wildman–Crippen LogP) is 6.43. The predicted molar refractivity (Wildman–Crippen MR) is 138 cm³/mol. The Morgan fingerprint density at radius 2 is 1.69 bits per heavy atom. The van der Waals surface area contributed by atoms with Crippen molar-refractivity contribution in [3.8, 4) is 17.2 Å². The molecule has 0 aromatic heterocycles.